The largest absolute Gasteiger partial charge is 0.416 e. The molecule has 1 aromatic rings. The zero-order valence-corrected chi connectivity index (χ0v) is 11.1. The monoisotopic (exact) mass is 289 g/mol. The smallest absolute Gasteiger partial charge is 0.395 e. The lowest BCUT2D eigenvalue weighted by molar-refractivity contribution is -0.137. The number of aliphatic hydroxyl groups is 1. The van der Waals surface area contributed by atoms with Crippen LogP contribution in [-0.4, -0.2) is 49.0 Å². The Morgan fingerprint density at radius 2 is 2.15 bits per heavy atom. The van der Waals surface area contributed by atoms with Gasteiger partial charge in [-0.1, -0.05) is 18.2 Å². The molecule has 0 unspecified atom stereocenters. The van der Waals surface area contributed by atoms with Crippen LogP contribution in [-0.2, 0) is 17.3 Å². The molecule has 0 spiro atoms. The third-order valence-electron chi connectivity index (χ3n) is 3.36. The summed E-state index contributed by atoms with van der Waals surface area (Å²) in [7, 11) is 0. The van der Waals surface area contributed by atoms with E-state index in [4.69, 9.17) is 9.84 Å². The van der Waals surface area contributed by atoms with Crippen molar-refractivity contribution in [3.63, 3.8) is 0 Å². The van der Waals surface area contributed by atoms with E-state index in [0.717, 1.165) is 12.6 Å². The van der Waals surface area contributed by atoms with Crippen molar-refractivity contribution < 1.29 is 23.0 Å². The first-order valence-electron chi connectivity index (χ1n) is 6.60. The maximum absolute atomic E-state index is 12.6. The highest BCUT2D eigenvalue weighted by atomic mass is 19.4. The van der Waals surface area contributed by atoms with Crippen LogP contribution in [0.25, 0.3) is 0 Å². The number of hydrogen-bond acceptors (Lipinski definition) is 3. The first-order valence-corrected chi connectivity index (χ1v) is 6.60. The van der Waals surface area contributed by atoms with E-state index in [1.54, 1.807) is 6.07 Å². The van der Waals surface area contributed by atoms with E-state index >= 15 is 0 Å². The second kappa shape index (κ2) is 6.56. The van der Waals surface area contributed by atoms with Crippen LogP contribution in [0.2, 0.25) is 0 Å². The van der Waals surface area contributed by atoms with E-state index < -0.39 is 11.7 Å². The Labute approximate surface area is 116 Å². The first kappa shape index (κ1) is 15.3. The molecule has 0 amide bonds. The minimum Gasteiger partial charge on any atom is -0.395 e. The van der Waals surface area contributed by atoms with E-state index in [9.17, 15) is 13.2 Å². The number of nitrogens with zero attached hydrogens (tertiary/aromatic N) is 1. The summed E-state index contributed by atoms with van der Waals surface area (Å²) in [6.07, 6.45) is -3.99. The van der Waals surface area contributed by atoms with Crippen molar-refractivity contribution in [2.75, 3.05) is 32.8 Å². The van der Waals surface area contributed by atoms with Gasteiger partial charge in [-0.15, -0.1) is 0 Å². The van der Waals surface area contributed by atoms with Crippen LogP contribution in [0.3, 0.4) is 0 Å². The Balaban J connectivity index is 1.99. The SMILES string of the molecule is OCCN1CCO[C@H](Cc2cccc(C(F)(F)F)c2)C1. The zero-order chi connectivity index (χ0) is 14.6. The van der Waals surface area contributed by atoms with Gasteiger partial charge in [-0.05, 0) is 18.1 Å². The number of ether oxygens (including phenoxy) is 1. The third-order valence-corrected chi connectivity index (χ3v) is 3.36. The highest BCUT2D eigenvalue weighted by Crippen LogP contribution is 2.29. The Bertz CT molecular complexity index is 435. The van der Waals surface area contributed by atoms with Crippen molar-refractivity contribution >= 4 is 0 Å². The van der Waals surface area contributed by atoms with Crippen molar-refractivity contribution in [2.24, 2.45) is 0 Å². The van der Waals surface area contributed by atoms with Crippen molar-refractivity contribution in [2.45, 2.75) is 18.7 Å². The van der Waals surface area contributed by atoms with Crippen LogP contribution >= 0.6 is 0 Å². The number of alkyl halides is 3. The zero-order valence-electron chi connectivity index (χ0n) is 11.1. The molecule has 20 heavy (non-hydrogen) atoms. The summed E-state index contributed by atoms with van der Waals surface area (Å²) in [6.45, 7) is 2.58. The summed E-state index contributed by atoms with van der Waals surface area (Å²) in [4.78, 5) is 2.06. The molecular formula is C14H18F3NO2. The molecule has 1 aliphatic heterocycles. The van der Waals surface area contributed by atoms with Gasteiger partial charge < -0.3 is 9.84 Å². The van der Waals surface area contributed by atoms with Gasteiger partial charge in [0.1, 0.15) is 0 Å². The molecule has 1 heterocycles. The minimum atomic E-state index is -4.31. The number of benzene rings is 1. The Morgan fingerprint density at radius 1 is 1.35 bits per heavy atom. The molecule has 2 rings (SSSR count). The van der Waals surface area contributed by atoms with Crippen LogP contribution in [0.1, 0.15) is 11.1 Å². The summed E-state index contributed by atoms with van der Waals surface area (Å²) in [6, 6.07) is 5.35. The molecule has 3 nitrogen and oxygen atoms in total. The molecular weight excluding hydrogens is 271 g/mol. The quantitative estimate of drug-likeness (QED) is 0.919. The average Bonchev–Trinajstić information content (AvgIpc) is 2.39. The van der Waals surface area contributed by atoms with E-state index in [0.29, 0.717) is 31.7 Å². The Kier molecular flexibility index (Phi) is 5.01. The molecule has 1 atom stereocenters. The van der Waals surface area contributed by atoms with Crippen LogP contribution in [0.15, 0.2) is 24.3 Å². The highest BCUT2D eigenvalue weighted by molar-refractivity contribution is 5.26. The molecule has 0 radical (unpaired) electrons. The molecule has 0 saturated carbocycles. The summed E-state index contributed by atoms with van der Waals surface area (Å²) in [5.74, 6) is 0. The van der Waals surface area contributed by atoms with Crippen LogP contribution < -0.4 is 0 Å². The predicted octanol–water partition coefficient (Wildman–Crippen LogP) is 1.94. The summed E-state index contributed by atoms with van der Waals surface area (Å²) < 4.78 is 43.5. The first-order chi connectivity index (χ1) is 9.49. The Hall–Kier alpha value is -1.11. The van der Waals surface area contributed by atoms with Crippen LogP contribution in [0, 0.1) is 0 Å². The topological polar surface area (TPSA) is 32.7 Å². The van der Waals surface area contributed by atoms with Gasteiger partial charge in [-0.3, -0.25) is 4.90 Å². The number of β-amino-alcohol motifs (C(OH)–C–C–N with tert-alkyl or cyclic N) is 1. The molecule has 1 aliphatic rings. The van der Waals surface area contributed by atoms with E-state index in [1.165, 1.54) is 12.1 Å². The van der Waals surface area contributed by atoms with E-state index in [2.05, 4.69) is 4.90 Å². The summed E-state index contributed by atoms with van der Waals surface area (Å²) in [5.41, 5.74) is -0.00584. The van der Waals surface area contributed by atoms with Gasteiger partial charge in [-0.2, -0.15) is 13.2 Å². The number of hydrogen-bond donors (Lipinski definition) is 1. The standard InChI is InChI=1S/C14H18F3NO2/c15-14(16,17)12-3-1-2-11(8-12)9-13-10-18(4-6-19)5-7-20-13/h1-3,8,13,19H,4-7,9-10H2/t13-/m1/s1. The number of halogens is 3. The summed E-state index contributed by atoms with van der Waals surface area (Å²) >= 11 is 0. The average molecular weight is 289 g/mol. The molecule has 0 aromatic heterocycles. The van der Waals surface area contributed by atoms with Gasteiger partial charge in [0.2, 0.25) is 0 Å². The lowest BCUT2D eigenvalue weighted by atomic mass is 10.0. The van der Waals surface area contributed by atoms with E-state index in [1.807, 2.05) is 0 Å². The molecule has 0 bridgehead atoms. The lowest BCUT2D eigenvalue weighted by Crippen LogP contribution is -2.44. The van der Waals surface area contributed by atoms with Crippen molar-refractivity contribution in [1.82, 2.24) is 4.90 Å². The van der Waals surface area contributed by atoms with Crippen molar-refractivity contribution in [3.8, 4) is 0 Å². The fourth-order valence-electron chi connectivity index (χ4n) is 2.39. The third kappa shape index (κ3) is 4.19. The molecule has 1 N–H and O–H groups in total. The van der Waals surface area contributed by atoms with Crippen LogP contribution in [0.4, 0.5) is 13.2 Å². The summed E-state index contributed by atoms with van der Waals surface area (Å²) in [5, 5.41) is 8.91. The predicted molar refractivity (Wildman–Crippen MR) is 68.4 cm³/mol. The number of morpholine rings is 1. The maximum atomic E-state index is 12.6. The molecule has 112 valence electrons. The van der Waals surface area contributed by atoms with E-state index in [-0.39, 0.29) is 12.7 Å². The number of rotatable bonds is 4. The maximum Gasteiger partial charge on any atom is 0.416 e. The number of aliphatic hydroxyl groups excluding tert-OH is 1. The van der Waals surface area contributed by atoms with Gasteiger partial charge in [0, 0.05) is 19.6 Å². The fourth-order valence-corrected chi connectivity index (χ4v) is 2.39. The second-order valence-corrected chi connectivity index (χ2v) is 4.92. The molecule has 6 heteroatoms. The molecule has 1 fully saturated rings. The highest BCUT2D eigenvalue weighted by Gasteiger charge is 2.30. The Morgan fingerprint density at radius 3 is 2.85 bits per heavy atom. The second-order valence-electron chi connectivity index (χ2n) is 4.92. The molecule has 1 saturated heterocycles. The van der Waals surface area contributed by atoms with Crippen molar-refractivity contribution in [3.05, 3.63) is 35.4 Å². The molecule has 1 aromatic carbocycles. The van der Waals surface area contributed by atoms with Crippen LogP contribution in [0.5, 0.6) is 0 Å². The normalized spacial score (nSPS) is 21.1. The van der Waals surface area contributed by atoms with Gasteiger partial charge in [-0.25, -0.2) is 0 Å². The van der Waals surface area contributed by atoms with Crippen molar-refractivity contribution in [1.29, 1.82) is 0 Å². The van der Waals surface area contributed by atoms with Gasteiger partial charge in [0.25, 0.3) is 0 Å². The minimum absolute atomic E-state index is 0.0796. The van der Waals surface area contributed by atoms with Gasteiger partial charge in [0.15, 0.2) is 0 Å². The van der Waals surface area contributed by atoms with Gasteiger partial charge in [0.05, 0.1) is 24.9 Å². The fraction of sp³-hybridized carbons (Fsp3) is 0.571. The van der Waals surface area contributed by atoms with Gasteiger partial charge >= 0.3 is 6.18 Å². The molecule has 0 aliphatic carbocycles. The lowest BCUT2D eigenvalue weighted by Gasteiger charge is -2.32.